The van der Waals surface area contributed by atoms with Crippen LogP contribution in [-0.2, 0) is 19.4 Å². The van der Waals surface area contributed by atoms with Crippen molar-refractivity contribution in [2.24, 2.45) is 0 Å². The van der Waals surface area contributed by atoms with Gasteiger partial charge >= 0.3 is 0 Å². The van der Waals surface area contributed by atoms with Crippen molar-refractivity contribution >= 4 is 56.4 Å². The Morgan fingerprint density at radius 3 is 2.69 bits per heavy atom. The molecule has 6 nitrogen and oxygen atoms in total. The highest BCUT2D eigenvalue weighted by atomic mass is 35.5. The largest absolute Gasteiger partial charge is 0.326 e. The van der Waals surface area contributed by atoms with Gasteiger partial charge in [0.25, 0.3) is 0 Å². The first-order valence-electron chi connectivity index (χ1n) is 9.10. The molecule has 2 N–H and O–H groups in total. The summed E-state index contributed by atoms with van der Waals surface area (Å²) in [6, 6.07) is 9.78. The molecule has 0 saturated heterocycles. The normalized spacial score (nSPS) is 16.1. The Morgan fingerprint density at radius 1 is 1.24 bits per heavy atom. The van der Waals surface area contributed by atoms with Crippen molar-refractivity contribution in [1.82, 2.24) is 0 Å². The van der Waals surface area contributed by atoms with Crippen molar-refractivity contribution in [3.05, 3.63) is 47.0 Å². The van der Waals surface area contributed by atoms with E-state index in [2.05, 4.69) is 10.6 Å². The van der Waals surface area contributed by atoms with Crippen LogP contribution in [0.2, 0.25) is 5.02 Å². The molecule has 2 aromatic carbocycles. The first-order valence-corrected chi connectivity index (χ1v) is 12.0. The number of rotatable bonds is 6. The Morgan fingerprint density at radius 2 is 2.00 bits per heavy atom. The number of halogens is 1. The van der Waals surface area contributed by atoms with Gasteiger partial charge in [-0.05, 0) is 49.2 Å². The van der Waals surface area contributed by atoms with E-state index in [1.54, 1.807) is 24.3 Å². The molecule has 1 atom stereocenters. The molecule has 154 valence electrons. The van der Waals surface area contributed by atoms with E-state index in [0.717, 1.165) is 10.5 Å². The third kappa shape index (κ3) is 5.12. The topological polar surface area (TPSA) is 92.3 Å². The lowest BCUT2D eigenvalue weighted by Crippen LogP contribution is -2.28. The predicted octanol–water partition coefficient (Wildman–Crippen LogP) is 4.27. The summed E-state index contributed by atoms with van der Waals surface area (Å²) in [7, 11) is -3.68. The molecule has 1 aliphatic heterocycles. The number of hydrogen-bond donors (Lipinski definition) is 2. The molecule has 9 heteroatoms. The van der Waals surface area contributed by atoms with Crippen molar-refractivity contribution in [2.45, 2.75) is 41.7 Å². The Hall–Kier alpha value is -2.03. The van der Waals surface area contributed by atoms with E-state index >= 15 is 0 Å². The SMILES string of the molecule is CC[C@H]1Sc2ccc(S(=O)(=O)CCC(=O)Nc3ccc(C)c(Cl)c3)cc2NC1=O. The fourth-order valence-corrected chi connectivity index (χ4v) is 5.30. The number of amides is 2. The second-order valence-corrected chi connectivity index (χ2v) is 10.5. The maximum atomic E-state index is 12.7. The second-order valence-electron chi connectivity index (χ2n) is 6.74. The fourth-order valence-electron chi connectivity index (χ4n) is 2.83. The van der Waals surface area contributed by atoms with Gasteiger partial charge in [-0.3, -0.25) is 9.59 Å². The lowest BCUT2D eigenvalue weighted by Gasteiger charge is -2.23. The van der Waals surface area contributed by atoms with Crippen molar-refractivity contribution in [1.29, 1.82) is 0 Å². The zero-order valence-corrected chi connectivity index (χ0v) is 18.4. The standard InChI is InChI=1S/C20H21ClN2O4S2/c1-3-17-20(25)23-16-11-14(6-7-18(16)28-17)29(26,27)9-8-19(24)22-13-5-4-12(2)15(21)10-13/h4-7,10-11,17H,3,8-9H2,1-2H3,(H,22,24)(H,23,25)/t17-/m1/s1. The molecule has 0 saturated carbocycles. The Labute approximate surface area is 179 Å². The lowest BCUT2D eigenvalue weighted by molar-refractivity contribution is -0.116. The van der Waals surface area contributed by atoms with E-state index in [4.69, 9.17) is 11.6 Å². The number of carbonyl (C=O) groups is 2. The zero-order valence-electron chi connectivity index (χ0n) is 16.0. The number of sulfone groups is 1. The number of nitrogens with one attached hydrogen (secondary N) is 2. The summed E-state index contributed by atoms with van der Waals surface area (Å²) in [6.07, 6.45) is 0.501. The summed E-state index contributed by atoms with van der Waals surface area (Å²) < 4.78 is 25.3. The van der Waals surface area contributed by atoms with E-state index in [1.165, 1.54) is 23.9 Å². The van der Waals surface area contributed by atoms with Gasteiger partial charge in [0, 0.05) is 22.0 Å². The molecular formula is C20H21ClN2O4S2. The van der Waals surface area contributed by atoms with Crippen LogP contribution in [0, 0.1) is 6.92 Å². The number of benzene rings is 2. The second kappa shape index (κ2) is 8.77. The molecule has 29 heavy (non-hydrogen) atoms. The molecule has 0 aromatic heterocycles. The third-order valence-corrected chi connectivity index (χ3v) is 8.12. The van der Waals surface area contributed by atoms with Crippen LogP contribution in [0.25, 0.3) is 0 Å². The number of aryl methyl sites for hydroxylation is 1. The minimum Gasteiger partial charge on any atom is -0.326 e. The summed E-state index contributed by atoms with van der Waals surface area (Å²) in [5.74, 6) is -0.882. The van der Waals surface area contributed by atoms with Gasteiger partial charge in [0.2, 0.25) is 11.8 Å². The summed E-state index contributed by atoms with van der Waals surface area (Å²) in [5.41, 5.74) is 1.89. The quantitative estimate of drug-likeness (QED) is 0.682. The summed E-state index contributed by atoms with van der Waals surface area (Å²) in [6.45, 7) is 3.78. The van der Waals surface area contributed by atoms with Crippen LogP contribution in [0.15, 0.2) is 46.2 Å². The first-order chi connectivity index (χ1) is 13.7. The van der Waals surface area contributed by atoms with E-state index in [9.17, 15) is 18.0 Å². The van der Waals surface area contributed by atoms with E-state index < -0.39 is 15.7 Å². The average molecular weight is 453 g/mol. The first kappa shape index (κ1) is 21.7. The molecular weight excluding hydrogens is 432 g/mol. The van der Waals surface area contributed by atoms with Gasteiger partial charge in [-0.2, -0.15) is 0 Å². The lowest BCUT2D eigenvalue weighted by atomic mass is 10.2. The van der Waals surface area contributed by atoms with Crippen LogP contribution in [0.5, 0.6) is 0 Å². The van der Waals surface area contributed by atoms with Gasteiger partial charge in [0.05, 0.1) is 21.6 Å². The van der Waals surface area contributed by atoms with Gasteiger partial charge in [0.15, 0.2) is 9.84 Å². The maximum Gasteiger partial charge on any atom is 0.237 e. The van der Waals surface area contributed by atoms with Crippen LogP contribution in [0.1, 0.15) is 25.3 Å². The highest BCUT2D eigenvalue weighted by Crippen LogP contribution is 2.38. The van der Waals surface area contributed by atoms with E-state index in [0.29, 0.717) is 22.8 Å². The van der Waals surface area contributed by atoms with Crippen molar-refractivity contribution in [3.63, 3.8) is 0 Å². The van der Waals surface area contributed by atoms with Gasteiger partial charge in [-0.15, -0.1) is 11.8 Å². The van der Waals surface area contributed by atoms with Crippen molar-refractivity contribution in [2.75, 3.05) is 16.4 Å². The molecule has 0 fully saturated rings. The molecule has 0 unspecified atom stereocenters. The van der Waals surface area contributed by atoms with Crippen LogP contribution in [0.4, 0.5) is 11.4 Å². The minimum atomic E-state index is -3.68. The zero-order chi connectivity index (χ0) is 21.2. The number of carbonyl (C=O) groups excluding carboxylic acids is 2. The van der Waals surface area contributed by atoms with Crippen LogP contribution < -0.4 is 10.6 Å². The van der Waals surface area contributed by atoms with E-state index in [-0.39, 0.29) is 28.2 Å². The minimum absolute atomic E-state index is 0.0817. The van der Waals surface area contributed by atoms with Gasteiger partial charge in [-0.1, -0.05) is 24.6 Å². The smallest absolute Gasteiger partial charge is 0.237 e. The molecule has 2 amide bonds. The molecule has 0 bridgehead atoms. The summed E-state index contributed by atoms with van der Waals surface area (Å²) in [4.78, 5) is 25.1. The summed E-state index contributed by atoms with van der Waals surface area (Å²) in [5, 5.41) is 5.76. The molecule has 1 heterocycles. The van der Waals surface area contributed by atoms with E-state index in [1.807, 2.05) is 13.8 Å². The van der Waals surface area contributed by atoms with Gasteiger partial charge in [-0.25, -0.2) is 8.42 Å². The fraction of sp³-hybridized carbons (Fsp3) is 0.300. The Balaban J connectivity index is 1.66. The molecule has 2 aromatic rings. The number of hydrogen-bond acceptors (Lipinski definition) is 5. The maximum absolute atomic E-state index is 12.7. The summed E-state index contributed by atoms with van der Waals surface area (Å²) >= 11 is 7.46. The third-order valence-electron chi connectivity index (χ3n) is 4.55. The van der Waals surface area contributed by atoms with Crippen molar-refractivity contribution < 1.29 is 18.0 Å². The highest BCUT2D eigenvalue weighted by Gasteiger charge is 2.27. The molecule has 0 spiro atoms. The number of thioether (sulfide) groups is 1. The van der Waals surface area contributed by atoms with Crippen molar-refractivity contribution in [3.8, 4) is 0 Å². The molecule has 1 aliphatic rings. The van der Waals surface area contributed by atoms with Gasteiger partial charge < -0.3 is 10.6 Å². The van der Waals surface area contributed by atoms with Crippen LogP contribution in [-0.4, -0.2) is 31.2 Å². The molecule has 3 rings (SSSR count). The highest BCUT2D eigenvalue weighted by molar-refractivity contribution is 8.01. The monoisotopic (exact) mass is 452 g/mol. The number of fused-ring (bicyclic) bond motifs is 1. The average Bonchev–Trinajstić information content (AvgIpc) is 2.68. The van der Waals surface area contributed by atoms with Gasteiger partial charge in [0.1, 0.15) is 0 Å². The molecule has 0 aliphatic carbocycles. The van der Waals surface area contributed by atoms with Crippen LogP contribution in [0.3, 0.4) is 0 Å². The number of anilines is 2. The molecule has 0 radical (unpaired) electrons. The predicted molar refractivity (Wildman–Crippen MR) is 116 cm³/mol. The van der Waals surface area contributed by atoms with Crippen LogP contribution >= 0.6 is 23.4 Å². The Bertz CT molecular complexity index is 1070. The Kier molecular flexibility index (Phi) is 6.55.